The van der Waals surface area contributed by atoms with Gasteiger partial charge in [-0.15, -0.1) is 11.8 Å². The topological polar surface area (TPSA) is 26.0 Å². The highest BCUT2D eigenvalue weighted by Gasteiger charge is 2.08. The maximum atomic E-state index is 13.1. The van der Waals surface area contributed by atoms with Gasteiger partial charge in [0.2, 0.25) is 0 Å². The summed E-state index contributed by atoms with van der Waals surface area (Å²) in [6.07, 6.45) is 1.68. The highest BCUT2D eigenvalue weighted by molar-refractivity contribution is 7.99. The third kappa shape index (κ3) is 3.84. The Morgan fingerprint density at radius 3 is 2.73 bits per heavy atom. The third-order valence-corrected chi connectivity index (χ3v) is 3.33. The van der Waals surface area contributed by atoms with E-state index in [2.05, 4.69) is 13.8 Å². The molecule has 84 valence electrons. The molecule has 1 aromatic carbocycles. The summed E-state index contributed by atoms with van der Waals surface area (Å²) in [5.74, 6) is 0.828. The van der Waals surface area contributed by atoms with Gasteiger partial charge >= 0.3 is 0 Å². The number of thioether (sulfide) groups is 1. The molecule has 0 aliphatic carbocycles. The lowest BCUT2D eigenvalue weighted by Crippen LogP contribution is -2.21. The van der Waals surface area contributed by atoms with Crippen LogP contribution in [0.15, 0.2) is 23.1 Å². The molecule has 1 atom stereocenters. The Kier molecular flexibility index (Phi) is 5.12. The maximum absolute atomic E-state index is 13.1. The Morgan fingerprint density at radius 2 is 2.13 bits per heavy atom. The molecule has 0 saturated carbocycles. The monoisotopic (exact) mass is 227 g/mol. The minimum Gasteiger partial charge on any atom is -0.327 e. The molecular weight excluding hydrogens is 209 g/mol. The average molecular weight is 227 g/mol. The largest absolute Gasteiger partial charge is 0.327 e. The zero-order valence-corrected chi connectivity index (χ0v) is 10.1. The summed E-state index contributed by atoms with van der Waals surface area (Å²) in [6, 6.07) is 5.09. The molecule has 1 rings (SSSR count). The summed E-state index contributed by atoms with van der Waals surface area (Å²) in [5, 5.41) is 0. The smallest absolute Gasteiger partial charge is 0.123 e. The van der Waals surface area contributed by atoms with Crippen molar-refractivity contribution in [1.82, 2.24) is 0 Å². The molecule has 1 nitrogen and oxygen atoms in total. The minimum atomic E-state index is -0.172. The lowest BCUT2D eigenvalue weighted by molar-refractivity contribution is 0.610. The van der Waals surface area contributed by atoms with Crippen LogP contribution >= 0.6 is 11.8 Å². The summed E-state index contributed by atoms with van der Waals surface area (Å²) >= 11 is 1.74. The second-order valence-electron chi connectivity index (χ2n) is 3.56. The summed E-state index contributed by atoms with van der Waals surface area (Å²) < 4.78 is 13.1. The number of benzene rings is 1. The van der Waals surface area contributed by atoms with Crippen LogP contribution in [-0.2, 0) is 6.42 Å². The van der Waals surface area contributed by atoms with Crippen LogP contribution in [0.5, 0.6) is 0 Å². The fourth-order valence-corrected chi connectivity index (χ4v) is 2.23. The van der Waals surface area contributed by atoms with Crippen LogP contribution in [0.2, 0.25) is 0 Å². The highest BCUT2D eigenvalue weighted by atomic mass is 32.2. The molecule has 1 aromatic rings. The molecule has 0 amide bonds. The van der Waals surface area contributed by atoms with E-state index >= 15 is 0 Å². The fourth-order valence-electron chi connectivity index (χ4n) is 1.43. The summed E-state index contributed by atoms with van der Waals surface area (Å²) in [5.41, 5.74) is 6.93. The highest BCUT2D eigenvalue weighted by Crippen LogP contribution is 2.24. The predicted octanol–water partition coefficient (Wildman–Crippen LogP) is 3.22. The summed E-state index contributed by atoms with van der Waals surface area (Å²) in [7, 11) is 0. The molecule has 0 aromatic heterocycles. The molecule has 0 saturated heterocycles. The molecule has 1 unspecified atom stereocenters. The maximum Gasteiger partial charge on any atom is 0.123 e. The van der Waals surface area contributed by atoms with Crippen LogP contribution in [0.3, 0.4) is 0 Å². The molecule has 2 N–H and O–H groups in total. The van der Waals surface area contributed by atoms with E-state index in [0.29, 0.717) is 0 Å². The van der Waals surface area contributed by atoms with Crippen molar-refractivity contribution >= 4 is 11.8 Å². The van der Waals surface area contributed by atoms with Gasteiger partial charge < -0.3 is 5.73 Å². The second-order valence-corrected chi connectivity index (χ2v) is 4.86. The van der Waals surface area contributed by atoms with Gasteiger partial charge in [-0.1, -0.05) is 13.8 Å². The van der Waals surface area contributed by atoms with Crippen molar-refractivity contribution in [2.75, 3.05) is 5.75 Å². The first-order chi connectivity index (χ1) is 7.17. The lowest BCUT2D eigenvalue weighted by Gasteiger charge is -2.12. The Bertz CT molecular complexity index is 314. The van der Waals surface area contributed by atoms with Crippen LogP contribution < -0.4 is 5.73 Å². The summed E-state index contributed by atoms with van der Waals surface area (Å²) in [6.45, 7) is 4.15. The van der Waals surface area contributed by atoms with E-state index in [-0.39, 0.29) is 11.9 Å². The van der Waals surface area contributed by atoms with Crippen LogP contribution in [0.25, 0.3) is 0 Å². The van der Waals surface area contributed by atoms with Crippen LogP contribution in [0, 0.1) is 5.82 Å². The van der Waals surface area contributed by atoms with Crippen LogP contribution in [-0.4, -0.2) is 11.8 Å². The van der Waals surface area contributed by atoms with E-state index < -0.39 is 0 Å². The van der Waals surface area contributed by atoms with Gasteiger partial charge in [0.1, 0.15) is 5.82 Å². The number of halogens is 1. The molecule has 15 heavy (non-hydrogen) atoms. The standard InChI is InChI=1S/C12H18FNS/c1-3-11(14)8-9-7-10(13)5-6-12(9)15-4-2/h5-7,11H,3-4,8,14H2,1-2H3. The second kappa shape index (κ2) is 6.13. The van der Waals surface area contributed by atoms with Crippen LogP contribution in [0.4, 0.5) is 4.39 Å². The zero-order valence-electron chi connectivity index (χ0n) is 9.29. The molecule has 0 radical (unpaired) electrons. The van der Waals surface area contributed by atoms with Crippen molar-refractivity contribution in [1.29, 1.82) is 0 Å². The number of hydrogen-bond donors (Lipinski definition) is 1. The molecule has 3 heteroatoms. The normalized spacial score (nSPS) is 12.8. The average Bonchev–Trinajstić information content (AvgIpc) is 2.22. The molecule has 0 heterocycles. The van der Waals surface area contributed by atoms with Crippen molar-refractivity contribution in [2.45, 2.75) is 37.6 Å². The Hall–Kier alpha value is -0.540. The van der Waals surface area contributed by atoms with E-state index in [0.717, 1.165) is 29.1 Å². The van der Waals surface area contributed by atoms with E-state index in [1.807, 2.05) is 6.07 Å². The fraction of sp³-hybridized carbons (Fsp3) is 0.500. The van der Waals surface area contributed by atoms with Gasteiger partial charge in [0.15, 0.2) is 0 Å². The number of rotatable bonds is 5. The Balaban J connectivity index is 2.86. The molecule has 0 aliphatic rings. The van der Waals surface area contributed by atoms with Gasteiger partial charge in [-0.05, 0) is 42.4 Å². The SMILES string of the molecule is CCSc1ccc(F)cc1CC(N)CC. The molecule has 0 fully saturated rings. The van der Waals surface area contributed by atoms with E-state index in [1.54, 1.807) is 17.8 Å². The van der Waals surface area contributed by atoms with E-state index in [4.69, 9.17) is 5.73 Å². The Morgan fingerprint density at radius 1 is 1.40 bits per heavy atom. The molecule has 0 bridgehead atoms. The van der Waals surface area contributed by atoms with Gasteiger partial charge in [0.25, 0.3) is 0 Å². The first-order valence-corrected chi connectivity index (χ1v) is 6.32. The van der Waals surface area contributed by atoms with Gasteiger partial charge in [-0.2, -0.15) is 0 Å². The van der Waals surface area contributed by atoms with E-state index in [9.17, 15) is 4.39 Å². The first-order valence-electron chi connectivity index (χ1n) is 5.34. The van der Waals surface area contributed by atoms with Gasteiger partial charge in [-0.25, -0.2) is 4.39 Å². The quantitative estimate of drug-likeness (QED) is 0.782. The number of hydrogen-bond acceptors (Lipinski definition) is 2. The molecular formula is C12H18FNS. The van der Waals surface area contributed by atoms with Crippen molar-refractivity contribution < 1.29 is 4.39 Å². The van der Waals surface area contributed by atoms with Crippen molar-refractivity contribution in [3.8, 4) is 0 Å². The lowest BCUT2D eigenvalue weighted by atomic mass is 10.0. The van der Waals surface area contributed by atoms with Crippen molar-refractivity contribution in [3.63, 3.8) is 0 Å². The van der Waals surface area contributed by atoms with Gasteiger partial charge in [-0.3, -0.25) is 0 Å². The Labute approximate surface area is 95.2 Å². The third-order valence-electron chi connectivity index (χ3n) is 2.33. The van der Waals surface area contributed by atoms with Gasteiger partial charge in [0, 0.05) is 10.9 Å². The number of nitrogens with two attached hydrogens (primary N) is 1. The predicted molar refractivity (Wildman–Crippen MR) is 64.8 cm³/mol. The molecule has 0 spiro atoms. The van der Waals surface area contributed by atoms with Crippen molar-refractivity contribution in [3.05, 3.63) is 29.6 Å². The molecule has 0 aliphatic heterocycles. The summed E-state index contributed by atoms with van der Waals surface area (Å²) in [4.78, 5) is 1.16. The van der Waals surface area contributed by atoms with Crippen molar-refractivity contribution in [2.24, 2.45) is 5.73 Å². The first kappa shape index (κ1) is 12.5. The van der Waals surface area contributed by atoms with Gasteiger partial charge in [0.05, 0.1) is 0 Å². The van der Waals surface area contributed by atoms with E-state index in [1.165, 1.54) is 6.07 Å². The van der Waals surface area contributed by atoms with Crippen LogP contribution in [0.1, 0.15) is 25.8 Å². The zero-order chi connectivity index (χ0) is 11.3. The minimum absolute atomic E-state index is 0.128.